The highest BCUT2D eigenvalue weighted by molar-refractivity contribution is 5.93. The third-order valence-corrected chi connectivity index (χ3v) is 5.17. The van der Waals surface area contributed by atoms with Gasteiger partial charge in [-0.1, -0.05) is 5.16 Å². The van der Waals surface area contributed by atoms with E-state index in [1.54, 1.807) is 6.07 Å². The lowest BCUT2D eigenvalue weighted by molar-refractivity contribution is -0.137. The van der Waals surface area contributed by atoms with Crippen molar-refractivity contribution in [2.75, 3.05) is 10.6 Å². The molecule has 12 heteroatoms. The summed E-state index contributed by atoms with van der Waals surface area (Å²) in [5.74, 6) is 1.73. The van der Waals surface area contributed by atoms with Crippen LogP contribution < -0.4 is 10.6 Å². The van der Waals surface area contributed by atoms with Crippen molar-refractivity contribution in [3.8, 4) is 11.5 Å². The second-order valence-electron chi connectivity index (χ2n) is 7.39. The van der Waals surface area contributed by atoms with Gasteiger partial charge < -0.3 is 20.1 Å². The molecular weight excluding hydrogens is 427 g/mol. The number of nitrogens with zero attached hydrogens (tertiary/aromatic N) is 4. The van der Waals surface area contributed by atoms with Crippen molar-refractivity contribution in [2.24, 2.45) is 0 Å². The Kier molecular flexibility index (Phi) is 4.57. The predicted molar refractivity (Wildman–Crippen MR) is 108 cm³/mol. The number of imidazole rings is 1. The van der Waals surface area contributed by atoms with Crippen molar-refractivity contribution in [3.05, 3.63) is 47.5 Å². The molecule has 0 saturated carbocycles. The Morgan fingerprint density at radius 2 is 2.03 bits per heavy atom. The molecule has 0 bridgehead atoms. The number of alkyl halides is 3. The normalized spacial score (nSPS) is 14.8. The van der Waals surface area contributed by atoms with E-state index in [-0.39, 0.29) is 17.5 Å². The number of halogens is 3. The number of aromatic amines is 1. The Bertz CT molecular complexity index is 1330. The molecule has 0 radical (unpaired) electrons. The van der Waals surface area contributed by atoms with Gasteiger partial charge in [-0.15, -0.1) is 0 Å². The highest BCUT2D eigenvalue weighted by atomic mass is 19.4. The molecule has 164 valence electrons. The summed E-state index contributed by atoms with van der Waals surface area (Å²) in [7, 11) is 0. The number of hydrogen-bond acceptors (Lipinski definition) is 7. The van der Waals surface area contributed by atoms with Crippen LogP contribution in [0.3, 0.4) is 0 Å². The Hall–Kier alpha value is -3.96. The van der Waals surface area contributed by atoms with Gasteiger partial charge in [-0.05, 0) is 31.5 Å². The molecule has 4 aromatic rings. The lowest BCUT2D eigenvalue weighted by Crippen LogP contribution is -2.22. The van der Waals surface area contributed by atoms with Gasteiger partial charge in [0.1, 0.15) is 23.7 Å². The molecule has 1 atom stereocenters. The van der Waals surface area contributed by atoms with Gasteiger partial charge in [0.25, 0.3) is 0 Å². The number of fused-ring (bicyclic) bond motifs is 2. The third kappa shape index (κ3) is 3.63. The molecule has 9 nitrogen and oxygen atoms in total. The summed E-state index contributed by atoms with van der Waals surface area (Å²) in [5, 5.41) is 9.93. The fourth-order valence-corrected chi connectivity index (χ4v) is 3.50. The van der Waals surface area contributed by atoms with Gasteiger partial charge in [0.15, 0.2) is 11.6 Å². The zero-order chi connectivity index (χ0) is 22.5. The number of hydrogen-bond donors (Lipinski definition) is 3. The summed E-state index contributed by atoms with van der Waals surface area (Å²) in [4.78, 5) is 27.1. The van der Waals surface area contributed by atoms with Crippen molar-refractivity contribution in [1.29, 1.82) is 0 Å². The van der Waals surface area contributed by atoms with E-state index in [4.69, 9.17) is 4.52 Å². The van der Waals surface area contributed by atoms with E-state index in [1.807, 2.05) is 6.92 Å². The van der Waals surface area contributed by atoms with Crippen LogP contribution in [0.2, 0.25) is 0 Å². The molecule has 1 aliphatic heterocycles. The van der Waals surface area contributed by atoms with Crippen LogP contribution in [-0.2, 0) is 17.4 Å². The number of rotatable bonds is 4. The summed E-state index contributed by atoms with van der Waals surface area (Å²) >= 11 is 0. The zero-order valence-electron chi connectivity index (χ0n) is 16.6. The zero-order valence-corrected chi connectivity index (χ0v) is 16.6. The quantitative estimate of drug-likeness (QED) is 0.434. The Balaban J connectivity index is 1.38. The fraction of sp³-hybridized carbons (Fsp3) is 0.250. The molecule has 3 aromatic heterocycles. The topological polar surface area (TPSA) is 122 Å². The summed E-state index contributed by atoms with van der Waals surface area (Å²) < 4.78 is 44.3. The molecule has 3 N–H and O–H groups in total. The highest BCUT2D eigenvalue weighted by Gasteiger charge is 2.31. The van der Waals surface area contributed by atoms with E-state index >= 15 is 0 Å². The SMILES string of the molecule is C[C@@H](Nc1ncnc2c1CCC(=O)N2)c1cc(-c2nc3ccc(C(F)(F)F)cc3[nH]2)no1. The number of carbonyl (C=O) groups is 1. The first-order valence-electron chi connectivity index (χ1n) is 9.72. The lowest BCUT2D eigenvalue weighted by Gasteiger charge is -2.20. The molecule has 1 aromatic carbocycles. The number of H-pyrrole nitrogens is 1. The molecule has 0 spiro atoms. The van der Waals surface area contributed by atoms with Gasteiger partial charge in [0.2, 0.25) is 5.91 Å². The molecule has 0 unspecified atom stereocenters. The minimum Gasteiger partial charge on any atom is -0.360 e. The van der Waals surface area contributed by atoms with Gasteiger partial charge in [0.05, 0.1) is 22.6 Å². The average molecular weight is 443 g/mol. The monoisotopic (exact) mass is 443 g/mol. The van der Waals surface area contributed by atoms with E-state index in [9.17, 15) is 18.0 Å². The van der Waals surface area contributed by atoms with Crippen LogP contribution in [0.5, 0.6) is 0 Å². The molecular formula is C20H16F3N7O2. The van der Waals surface area contributed by atoms with E-state index in [1.165, 1.54) is 12.4 Å². The minimum absolute atomic E-state index is 0.0942. The van der Waals surface area contributed by atoms with E-state index < -0.39 is 11.7 Å². The molecule has 0 fully saturated rings. The first kappa shape index (κ1) is 20.0. The number of aromatic nitrogens is 5. The van der Waals surface area contributed by atoms with Crippen molar-refractivity contribution in [1.82, 2.24) is 25.1 Å². The number of benzene rings is 1. The minimum atomic E-state index is -4.44. The van der Waals surface area contributed by atoms with E-state index in [0.29, 0.717) is 47.3 Å². The Morgan fingerprint density at radius 3 is 2.84 bits per heavy atom. The highest BCUT2D eigenvalue weighted by Crippen LogP contribution is 2.32. The second-order valence-corrected chi connectivity index (χ2v) is 7.39. The summed E-state index contributed by atoms with van der Waals surface area (Å²) in [6.45, 7) is 1.84. The Labute approximate surface area is 178 Å². The first-order valence-corrected chi connectivity index (χ1v) is 9.72. The van der Waals surface area contributed by atoms with Gasteiger partial charge in [-0.2, -0.15) is 13.2 Å². The molecule has 4 heterocycles. The van der Waals surface area contributed by atoms with Crippen LogP contribution in [0, 0.1) is 0 Å². The molecule has 0 saturated heterocycles. The standard InChI is InChI=1S/C20H16F3N7O2/c1-9(26-17-11-3-5-16(31)29-18(11)25-8-24-17)15-7-14(30-32-15)19-27-12-4-2-10(20(21,22)23)6-13(12)28-19/h2,4,6-9H,3,5H2,1H3,(H,27,28)(H2,24,25,26,29,31)/t9-/m1/s1. The molecule has 0 aliphatic carbocycles. The van der Waals surface area contributed by atoms with Gasteiger partial charge in [-0.3, -0.25) is 4.79 Å². The predicted octanol–water partition coefficient (Wildman–Crippen LogP) is 4.08. The van der Waals surface area contributed by atoms with Gasteiger partial charge >= 0.3 is 6.18 Å². The maximum atomic E-state index is 12.9. The van der Waals surface area contributed by atoms with Crippen molar-refractivity contribution in [2.45, 2.75) is 32.0 Å². The fourth-order valence-electron chi connectivity index (χ4n) is 3.50. The summed E-state index contributed by atoms with van der Waals surface area (Å²) in [6.07, 6.45) is -2.23. The number of carbonyl (C=O) groups excluding carboxylic acids is 1. The second kappa shape index (κ2) is 7.32. The van der Waals surface area contributed by atoms with Crippen LogP contribution in [0.4, 0.5) is 24.8 Å². The van der Waals surface area contributed by atoms with Crippen molar-refractivity contribution < 1.29 is 22.5 Å². The largest absolute Gasteiger partial charge is 0.416 e. The van der Waals surface area contributed by atoms with Crippen molar-refractivity contribution >= 4 is 28.6 Å². The maximum Gasteiger partial charge on any atom is 0.416 e. The number of amides is 1. The smallest absolute Gasteiger partial charge is 0.360 e. The van der Waals surface area contributed by atoms with Gasteiger partial charge in [-0.25, -0.2) is 15.0 Å². The Morgan fingerprint density at radius 1 is 1.19 bits per heavy atom. The molecule has 1 amide bonds. The number of anilines is 2. The summed E-state index contributed by atoms with van der Waals surface area (Å²) in [6, 6.07) is 4.61. The molecule has 1 aliphatic rings. The van der Waals surface area contributed by atoms with Crippen LogP contribution >= 0.6 is 0 Å². The van der Waals surface area contributed by atoms with E-state index in [2.05, 4.69) is 35.7 Å². The number of nitrogens with one attached hydrogen (secondary N) is 3. The van der Waals surface area contributed by atoms with Gasteiger partial charge in [0, 0.05) is 18.1 Å². The molecule has 5 rings (SSSR count). The third-order valence-electron chi connectivity index (χ3n) is 5.17. The maximum absolute atomic E-state index is 12.9. The van der Waals surface area contributed by atoms with Crippen molar-refractivity contribution in [3.63, 3.8) is 0 Å². The molecule has 32 heavy (non-hydrogen) atoms. The lowest BCUT2D eigenvalue weighted by atomic mass is 10.1. The first-order chi connectivity index (χ1) is 15.3. The van der Waals surface area contributed by atoms with Crippen LogP contribution in [0.15, 0.2) is 35.1 Å². The average Bonchev–Trinajstić information content (AvgIpc) is 3.39. The summed E-state index contributed by atoms with van der Waals surface area (Å²) in [5.41, 5.74) is 1.04. The van der Waals surface area contributed by atoms with Crippen LogP contribution in [-0.4, -0.2) is 31.0 Å². The van der Waals surface area contributed by atoms with E-state index in [0.717, 1.165) is 17.7 Å². The van der Waals surface area contributed by atoms with Crippen LogP contribution in [0.1, 0.15) is 36.3 Å². The van der Waals surface area contributed by atoms with Crippen LogP contribution in [0.25, 0.3) is 22.6 Å².